The van der Waals surface area contributed by atoms with E-state index < -0.39 is 0 Å². The van der Waals surface area contributed by atoms with Crippen molar-refractivity contribution in [3.8, 4) is 0 Å². The summed E-state index contributed by atoms with van der Waals surface area (Å²) in [6, 6.07) is 0.907. The second kappa shape index (κ2) is 7.71. The Bertz CT molecular complexity index is 207. The standard InChI is InChI=1S/C12H24NO2Si/c1-5-8-13(9-7-10-16)11(14)15-12(3,4)6-2/h5-10H2,1-4H3. The van der Waals surface area contributed by atoms with Crippen molar-refractivity contribution >= 4 is 16.3 Å². The summed E-state index contributed by atoms with van der Waals surface area (Å²) >= 11 is 0. The van der Waals surface area contributed by atoms with Crippen LogP contribution >= 0.6 is 0 Å². The lowest BCUT2D eigenvalue weighted by Crippen LogP contribution is -2.38. The maximum Gasteiger partial charge on any atom is 0.410 e. The molecule has 0 atom stereocenters. The third-order valence-corrected chi connectivity index (χ3v) is 2.93. The fourth-order valence-electron chi connectivity index (χ4n) is 1.21. The molecule has 0 fully saturated rings. The highest BCUT2D eigenvalue weighted by atomic mass is 28.1. The Hall–Kier alpha value is -0.513. The quantitative estimate of drug-likeness (QED) is 0.642. The molecule has 0 aliphatic heterocycles. The molecule has 1 amide bonds. The topological polar surface area (TPSA) is 29.5 Å². The molecule has 0 saturated heterocycles. The number of ether oxygens (including phenoxy) is 1. The van der Waals surface area contributed by atoms with Crippen LogP contribution in [0.25, 0.3) is 0 Å². The molecule has 93 valence electrons. The first kappa shape index (κ1) is 15.5. The van der Waals surface area contributed by atoms with Crippen LogP contribution in [-0.4, -0.2) is 39.9 Å². The number of nitrogens with zero attached hydrogens (tertiary/aromatic N) is 1. The summed E-state index contributed by atoms with van der Waals surface area (Å²) in [7, 11) is 3.42. The first-order valence-corrected chi connectivity index (χ1v) is 6.80. The van der Waals surface area contributed by atoms with Gasteiger partial charge < -0.3 is 9.64 Å². The van der Waals surface area contributed by atoms with Gasteiger partial charge in [-0.1, -0.05) is 19.9 Å². The predicted molar refractivity (Wildman–Crippen MR) is 67.9 cm³/mol. The highest BCUT2D eigenvalue weighted by Crippen LogP contribution is 2.15. The molecule has 0 aromatic rings. The Morgan fingerprint density at radius 2 is 1.94 bits per heavy atom. The monoisotopic (exact) mass is 242 g/mol. The predicted octanol–water partition coefficient (Wildman–Crippen LogP) is 3.00. The molecule has 3 radical (unpaired) electrons. The molecule has 0 rings (SSSR count). The molecule has 0 aromatic heterocycles. The van der Waals surface area contributed by atoms with E-state index in [0.29, 0.717) is 0 Å². The van der Waals surface area contributed by atoms with E-state index in [1.165, 1.54) is 0 Å². The van der Waals surface area contributed by atoms with E-state index in [-0.39, 0.29) is 11.7 Å². The third-order valence-electron chi connectivity index (χ3n) is 2.57. The zero-order chi connectivity index (χ0) is 12.6. The second-order valence-electron chi connectivity index (χ2n) is 4.57. The van der Waals surface area contributed by atoms with Crippen LogP contribution in [0.5, 0.6) is 0 Å². The van der Waals surface area contributed by atoms with E-state index >= 15 is 0 Å². The smallest absolute Gasteiger partial charge is 0.410 e. The third kappa shape index (κ3) is 6.15. The minimum atomic E-state index is -0.364. The van der Waals surface area contributed by atoms with Gasteiger partial charge in [-0.05, 0) is 33.1 Å². The molecule has 0 spiro atoms. The van der Waals surface area contributed by atoms with Crippen molar-refractivity contribution in [3.05, 3.63) is 0 Å². The van der Waals surface area contributed by atoms with Gasteiger partial charge in [0.05, 0.1) is 0 Å². The zero-order valence-corrected chi connectivity index (χ0v) is 12.0. The van der Waals surface area contributed by atoms with E-state index in [4.69, 9.17) is 4.74 Å². The number of hydrogen-bond donors (Lipinski definition) is 0. The summed E-state index contributed by atoms with van der Waals surface area (Å²) in [6.07, 6.45) is 2.56. The van der Waals surface area contributed by atoms with Gasteiger partial charge >= 0.3 is 6.09 Å². The Labute approximate surface area is 103 Å². The first-order chi connectivity index (χ1) is 7.46. The Morgan fingerprint density at radius 3 is 2.38 bits per heavy atom. The van der Waals surface area contributed by atoms with Crippen molar-refractivity contribution in [3.63, 3.8) is 0 Å². The number of carbonyl (C=O) groups excluding carboxylic acids is 1. The number of amides is 1. The molecule has 0 saturated carbocycles. The van der Waals surface area contributed by atoms with Gasteiger partial charge in [-0.3, -0.25) is 0 Å². The van der Waals surface area contributed by atoms with Gasteiger partial charge in [0.15, 0.2) is 0 Å². The van der Waals surface area contributed by atoms with Crippen LogP contribution in [0.2, 0.25) is 6.04 Å². The van der Waals surface area contributed by atoms with Crippen LogP contribution in [0.1, 0.15) is 47.0 Å². The van der Waals surface area contributed by atoms with Crippen LogP contribution in [0.4, 0.5) is 4.79 Å². The SMILES string of the molecule is CCCN(CCC[Si])C(=O)OC(C)(C)CC. The van der Waals surface area contributed by atoms with Crippen molar-refractivity contribution in [2.24, 2.45) is 0 Å². The van der Waals surface area contributed by atoms with Gasteiger partial charge in [0.25, 0.3) is 0 Å². The highest BCUT2D eigenvalue weighted by Gasteiger charge is 2.23. The molecule has 0 aliphatic carbocycles. The maximum atomic E-state index is 11.9. The summed E-state index contributed by atoms with van der Waals surface area (Å²) in [5, 5.41) is 0. The van der Waals surface area contributed by atoms with Gasteiger partial charge in [-0.25, -0.2) is 4.79 Å². The summed E-state index contributed by atoms with van der Waals surface area (Å²) < 4.78 is 5.47. The van der Waals surface area contributed by atoms with Crippen molar-refractivity contribution in [2.45, 2.75) is 58.6 Å². The van der Waals surface area contributed by atoms with E-state index in [0.717, 1.165) is 38.4 Å². The van der Waals surface area contributed by atoms with Crippen LogP contribution in [0.15, 0.2) is 0 Å². The molecule has 0 aromatic carbocycles. The number of hydrogen-bond acceptors (Lipinski definition) is 2. The fourth-order valence-corrected chi connectivity index (χ4v) is 1.37. The molecular formula is C12H24NO2Si. The van der Waals surface area contributed by atoms with Crippen molar-refractivity contribution in [1.82, 2.24) is 4.90 Å². The average molecular weight is 242 g/mol. The zero-order valence-electron chi connectivity index (χ0n) is 11.0. The van der Waals surface area contributed by atoms with E-state index in [1.807, 2.05) is 20.8 Å². The van der Waals surface area contributed by atoms with E-state index in [2.05, 4.69) is 17.2 Å². The van der Waals surface area contributed by atoms with Crippen LogP contribution in [0, 0.1) is 0 Å². The van der Waals surface area contributed by atoms with Gasteiger partial charge in [0.2, 0.25) is 0 Å². The first-order valence-electron chi connectivity index (χ1n) is 6.09. The molecular weight excluding hydrogens is 218 g/mol. The average Bonchev–Trinajstić information content (AvgIpc) is 2.23. The van der Waals surface area contributed by atoms with Gasteiger partial charge in [0.1, 0.15) is 5.60 Å². The maximum absolute atomic E-state index is 11.9. The summed E-state index contributed by atoms with van der Waals surface area (Å²) in [6.45, 7) is 9.51. The van der Waals surface area contributed by atoms with E-state index in [9.17, 15) is 4.79 Å². The lowest BCUT2D eigenvalue weighted by atomic mass is 10.1. The molecule has 0 heterocycles. The summed E-state index contributed by atoms with van der Waals surface area (Å²) in [5.74, 6) is 0. The Morgan fingerprint density at radius 1 is 1.31 bits per heavy atom. The largest absolute Gasteiger partial charge is 0.443 e. The van der Waals surface area contributed by atoms with Crippen LogP contribution < -0.4 is 0 Å². The van der Waals surface area contributed by atoms with E-state index in [1.54, 1.807) is 4.90 Å². The summed E-state index contributed by atoms with van der Waals surface area (Å²) in [5.41, 5.74) is -0.364. The Kier molecular flexibility index (Phi) is 7.46. The normalized spacial score (nSPS) is 11.3. The van der Waals surface area contributed by atoms with Crippen LogP contribution in [0.3, 0.4) is 0 Å². The second-order valence-corrected chi connectivity index (χ2v) is 5.07. The van der Waals surface area contributed by atoms with Crippen LogP contribution in [-0.2, 0) is 4.74 Å². The molecule has 4 heteroatoms. The van der Waals surface area contributed by atoms with Crippen molar-refractivity contribution < 1.29 is 9.53 Å². The van der Waals surface area contributed by atoms with Crippen molar-refractivity contribution in [2.75, 3.05) is 13.1 Å². The molecule has 16 heavy (non-hydrogen) atoms. The Balaban J connectivity index is 4.26. The fraction of sp³-hybridized carbons (Fsp3) is 0.917. The number of rotatable bonds is 7. The molecule has 0 bridgehead atoms. The lowest BCUT2D eigenvalue weighted by molar-refractivity contribution is 0.0114. The molecule has 0 aliphatic rings. The lowest BCUT2D eigenvalue weighted by Gasteiger charge is -2.29. The number of carbonyl (C=O) groups is 1. The molecule has 0 N–H and O–H groups in total. The van der Waals surface area contributed by atoms with Crippen molar-refractivity contribution in [1.29, 1.82) is 0 Å². The minimum Gasteiger partial charge on any atom is -0.443 e. The van der Waals surface area contributed by atoms with Gasteiger partial charge in [0, 0.05) is 23.3 Å². The van der Waals surface area contributed by atoms with Gasteiger partial charge in [-0.15, -0.1) is 0 Å². The van der Waals surface area contributed by atoms with Gasteiger partial charge in [-0.2, -0.15) is 0 Å². The summed E-state index contributed by atoms with van der Waals surface area (Å²) in [4.78, 5) is 13.7. The minimum absolute atomic E-state index is 0.186. The molecule has 0 unspecified atom stereocenters. The highest BCUT2D eigenvalue weighted by molar-refractivity contribution is 6.08. The molecule has 3 nitrogen and oxygen atoms in total.